The summed E-state index contributed by atoms with van der Waals surface area (Å²) in [5.74, 6) is -1.30. The van der Waals surface area contributed by atoms with Gasteiger partial charge in [-0.2, -0.15) is 0 Å². The van der Waals surface area contributed by atoms with Gasteiger partial charge in [0, 0.05) is 7.11 Å². The molecular weight excluding hydrogens is 378 g/mol. The third kappa shape index (κ3) is 4.04. The second-order valence-electron chi connectivity index (χ2n) is 7.61. The number of nitrogens with zero attached hydrogens (tertiary/aromatic N) is 3. The van der Waals surface area contributed by atoms with E-state index in [4.69, 9.17) is 23.7 Å². The third-order valence-electron chi connectivity index (χ3n) is 5.07. The van der Waals surface area contributed by atoms with Crippen LogP contribution in [0.1, 0.15) is 35.6 Å². The lowest BCUT2D eigenvalue weighted by Crippen LogP contribution is -2.33. The van der Waals surface area contributed by atoms with Crippen LogP contribution in [0.2, 0.25) is 0 Å². The Kier molecular flexibility index (Phi) is 5.39. The number of aromatic nitrogens is 3. The largest absolute Gasteiger partial charge is 0.458 e. The molecule has 0 bridgehead atoms. The number of hydrogen-bond acceptors (Lipinski definition) is 8. The summed E-state index contributed by atoms with van der Waals surface area (Å²) in [5, 5.41) is 8.07. The maximum absolute atomic E-state index is 12.6. The average Bonchev–Trinajstić information content (AvgIpc) is 3.31. The normalized spacial score (nSPS) is 27.7. The van der Waals surface area contributed by atoms with Gasteiger partial charge in [-0.25, -0.2) is 9.48 Å². The fourth-order valence-electron chi connectivity index (χ4n) is 3.65. The molecule has 0 spiro atoms. The summed E-state index contributed by atoms with van der Waals surface area (Å²) < 4.78 is 30.0. The smallest absolute Gasteiger partial charge is 0.360 e. The lowest BCUT2D eigenvalue weighted by Gasteiger charge is -2.23. The Labute approximate surface area is 168 Å². The summed E-state index contributed by atoms with van der Waals surface area (Å²) >= 11 is 0. The van der Waals surface area contributed by atoms with Gasteiger partial charge in [0.05, 0.1) is 12.2 Å². The summed E-state index contributed by atoms with van der Waals surface area (Å²) in [6.07, 6.45) is -1.81. The Hall–Kier alpha value is -2.33. The van der Waals surface area contributed by atoms with Gasteiger partial charge >= 0.3 is 5.97 Å². The molecule has 9 heteroatoms. The minimum atomic E-state index is -0.741. The highest BCUT2D eigenvalue weighted by molar-refractivity contribution is 5.88. The van der Waals surface area contributed by atoms with Crippen molar-refractivity contribution in [1.29, 1.82) is 0 Å². The van der Waals surface area contributed by atoms with E-state index in [1.807, 2.05) is 44.2 Å². The zero-order valence-electron chi connectivity index (χ0n) is 16.9. The second-order valence-corrected chi connectivity index (χ2v) is 7.61. The van der Waals surface area contributed by atoms with Crippen LogP contribution in [-0.2, 0) is 30.2 Å². The lowest BCUT2D eigenvalue weighted by atomic mass is 10.1. The molecule has 2 aliphatic rings. The number of carbonyl (C=O) groups excluding carboxylic acids is 1. The van der Waals surface area contributed by atoms with Crippen LogP contribution in [-0.4, -0.2) is 65.1 Å². The van der Waals surface area contributed by atoms with Crippen LogP contribution in [0.5, 0.6) is 0 Å². The van der Waals surface area contributed by atoms with Crippen molar-refractivity contribution >= 4 is 5.97 Å². The minimum Gasteiger partial charge on any atom is -0.458 e. The first-order valence-corrected chi connectivity index (χ1v) is 9.53. The standard InChI is InChI=1S/C20H25N3O6/c1-12-15(21-22-23(12)10-13-8-6-5-7-9-13)18(24)26-11-14-16-17(19(25-4)27-14)29-20(2,3)28-16/h5-9,14,16-17,19H,10-11H2,1-4H3/t14-,16?,17?,19-/m1/s1. The number of hydrogen-bond donors (Lipinski definition) is 0. The molecule has 0 saturated carbocycles. The molecule has 1 aromatic heterocycles. The average molecular weight is 403 g/mol. The Balaban J connectivity index is 1.39. The minimum absolute atomic E-state index is 0.00425. The van der Waals surface area contributed by atoms with Gasteiger partial charge in [-0.15, -0.1) is 5.10 Å². The molecule has 4 atom stereocenters. The number of fused-ring (bicyclic) bond motifs is 1. The van der Waals surface area contributed by atoms with E-state index < -0.39 is 24.2 Å². The number of carbonyl (C=O) groups is 1. The van der Waals surface area contributed by atoms with Gasteiger partial charge in [0.1, 0.15) is 24.9 Å². The monoisotopic (exact) mass is 403 g/mol. The Morgan fingerprint density at radius 2 is 1.93 bits per heavy atom. The number of rotatable bonds is 6. The topological polar surface area (TPSA) is 93.9 Å². The Bertz CT molecular complexity index is 868. The van der Waals surface area contributed by atoms with Crippen LogP contribution < -0.4 is 0 Å². The predicted octanol–water partition coefficient (Wildman–Crippen LogP) is 1.68. The van der Waals surface area contributed by atoms with Crippen LogP contribution in [0.4, 0.5) is 0 Å². The fraction of sp³-hybridized carbons (Fsp3) is 0.550. The maximum atomic E-state index is 12.6. The van der Waals surface area contributed by atoms with E-state index in [0.29, 0.717) is 12.2 Å². The summed E-state index contributed by atoms with van der Waals surface area (Å²) in [5.41, 5.74) is 1.89. The van der Waals surface area contributed by atoms with Gasteiger partial charge < -0.3 is 23.7 Å². The van der Waals surface area contributed by atoms with E-state index in [9.17, 15) is 4.79 Å². The summed E-state index contributed by atoms with van der Waals surface area (Å²) in [6, 6.07) is 9.84. The quantitative estimate of drug-likeness (QED) is 0.673. The number of esters is 1. The molecule has 2 aliphatic heterocycles. The van der Waals surface area contributed by atoms with Crippen LogP contribution >= 0.6 is 0 Å². The van der Waals surface area contributed by atoms with E-state index in [1.165, 1.54) is 0 Å². The van der Waals surface area contributed by atoms with Crippen molar-refractivity contribution in [3.63, 3.8) is 0 Å². The first-order chi connectivity index (χ1) is 13.9. The zero-order chi connectivity index (χ0) is 20.6. The fourth-order valence-corrected chi connectivity index (χ4v) is 3.65. The van der Waals surface area contributed by atoms with Gasteiger partial charge in [0.25, 0.3) is 0 Å². The molecule has 2 aromatic rings. The van der Waals surface area contributed by atoms with Crippen molar-refractivity contribution in [2.24, 2.45) is 0 Å². The van der Waals surface area contributed by atoms with Crippen LogP contribution in [0.25, 0.3) is 0 Å². The molecule has 156 valence electrons. The highest BCUT2D eigenvalue weighted by atomic mass is 16.8. The van der Waals surface area contributed by atoms with Crippen LogP contribution in [0.15, 0.2) is 30.3 Å². The van der Waals surface area contributed by atoms with Crippen molar-refractivity contribution < 1.29 is 28.5 Å². The molecule has 0 aliphatic carbocycles. The molecular formula is C20H25N3O6. The first-order valence-electron chi connectivity index (χ1n) is 9.53. The van der Waals surface area contributed by atoms with Gasteiger partial charge in [-0.1, -0.05) is 35.5 Å². The molecule has 0 radical (unpaired) electrons. The predicted molar refractivity (Wildman–Crippen MR) is 100 cm³/mol. The van der Waals surface area contributed by atoms with E-state index in [0.717, 1.165) is 5.56 Å². The highest BCUT2D eigenvalue weighted by Gasteiger charge is 2.55. The highest BCUT2D eigenvalue weighted by Crippen LogP contribution is 2.39. The molecule has 2 saturated heterocycles. The third-order valence-corrected chi connectivity index (χ3v) is 5.07. The first kappa shape index (κ1) is 20.0. The van der Waals surface area contributed by atoms with Gasteiger partial charge in [-0.3, -0.25) is 0 Å². The molecule has 29 heavy (non-hydrogen) atoms. The van der Waals surface area contributed by atoms with E-state index in [1.54, 1.807) is 18.7 Å². The van der Waals surface area contributed by atoms with Crippen LogP contribution in [0.3, 0.4) is 0 Å². The molecule has 2 unspecified atom stereocenters. The lowest BCUT2D eigenvalue weighted by molar-refractivity contribution is -0.230. The molecule has 0 N–H and O–H groups in total. The Morgan fingerprint density at radius 1 is 1.21 bits per heavy atom. The summed E-state index contributed by atoms with van der Waals surface area (Å²) in [7, 11) is 1.54. The SMILES string of the molecule is CO[C@@H]1O[C@H](COC(=O)c2nnn(Cc3ccccc3)c2C)C2OC(C)(C)OC21. The van der Waals surface area contributed by atoms with E-state index in [-0.39, 0.29) is 24.5 Å². The van der Waals surface area contributed by atoms with Gasteiger partial charge in [0.2, 0.25) is 0 Å². The molecule has 3 heterocycles. The van der Waals surface area contributed by atoms with Crippen molar-refractivity contribution in [3.05, 3.63) is 47.3 Å². The second kappa shape index (κ2) is 7.83. The number of benzene rings is 1. The molecule has 0 amide bonds. The summed E-state index contributed by atoms with van der Waals surface area (Å²) in [6.45, 7) is 5.98. The molecule has 2 fully saturated rings. The van der Waals surface area contributed by atoms with Crippen molar-refractivity contribution in [1.82, 2.24) is 15.0 Å². The molecule has 9 nitrogen and oxygen atoms in total. The van der Waals surface area contributed by atoms with E-state index >= 15 is 0 Å². The summed E-state index contributed by atoms with van der Waals surface area (Å²) in [4.78, 5) is 12.6. The van der Waals surface area contributed by atoms with E-state index in [2.05, 4.69) is 10.3 Å². The molecule has 1 aromatic carbocycles. The molecule has 4 rings (SSSR count). The van der Waals surface area contributed by atoms with Crippen LogP contribution in [0, 0.1) is 6.92 Å². The van der Waals surface area contributed by atoms with Crippen molar-refractivity contribution in [2.45, 2.75) is 57.7 Å². The van der Waals surface area contributed by atoms with Crippen molar-refractivity contribution in [3.8, 4) is 0 Å². The van der Waals surface area contributed by atoms with Gasteiger partial charge in [-0.05, 0) is 26.3 Å². The maximum Gasteiger partial charge on any atom is 0.360 e. The number of ether oxygens (including phenoxy) is 5. The van der Waals surface area contributed by atoms with Crippen molar-refractivity contribution in [2.75, 3.05) is 13.7 Å². The van der Waals surface area contributed by atoms with Gasteiger partial charge in [0.15, 0.2) is 17.8 Å². The zero-order valence-corrected chi connectivity index (χ0v) is 16.9. The Morgan fingerprint density at radius 3 is 2.66 bits per heavy atom. The number of methoxy groups -OCH3 is 1.